The maximum absolute atomic E-state index is 12.5. The maximum atomic E-state index is 12.5. The minimum atomic E-state index is -1.66. The quantitative estimate of drug-likeness (QED) is 0.737. The molecule has 2 aromatic carbocycles. The van der Waals surface area contributed by atoms with Gasteiger partial charge in [0, 0.05) is 21.7 Å². The van der Waals surface area contributed by atoms with Crippen LogP contribution in [0.4, 0.5) is 5.69 Å². The van der Waals surface area contributed by atoms with Gasteiger partial charge in [-0.2, -0.15) is 0 Å². The first-order chi connectivity index (χ1) is 11.0. The van der Waals surface area contributed by atoms with E-state index in [1.807, 2.05) is 32.0 Å². The van der Waals surface area contributed by atoms with Gasteiger partial charge in [-0.25, -0.2) is 0 Å². The molecule has 0 heterocycles. The van der Waals surface area contributed by atoms with Gasteiger partial charge in [0.1, 0.15) is 0 Å². The fourth-order valence-electron chi connectivity index (χ4n) is 2.47. The standard InChI is InChI=1S/C17H19BClNO3/c1-3-11-6-5-7-12(4-2)16(11)20-17(21)13-8-9-14(18(22)23)15(19)10-13/h5-10,22-23H,3-4H2,1-2H3,(H,20,21). The molecule has 0 spiro atoms. The lowest BCUT2D eigenvalue weighted by molar-refractivity contribution is 0.102. The Kier molecular flexibility index (Phi) is 5.83. The highest BCUT2D eigenvalue weighted by Crippen LogP contribution is 2.23. The lowest BCUT2D eigenvalue weighted by Crippen LogP contribution is -2.31. The molecule has 0 aromatic heterocycles. The van der Waals surface area contributed by atoms with Crippen LogP contribution in [0.5, 0.6) is 0 Å². The highest BCUT2D eigenvalue weighted by molar-refractivity contribution is 6.62. The van der Waals surface area contributed by atoms with Gasteiger partial charge >= 0.3 is 7.12 Å². The highest BCUT2D eigenvalue weighted by Gasteiger charge is 2.18. The van der Waals surface area contributed by atoms with Crippen LogP contribution < -0.4 is 10.8 Å². The van der Waals surface area contributed by atoms with Crippen LogP contribution in [-0.4, -0.2) is 23.1 Å². The number of anilines is 1. The fourth-order valence-corrected chi connectivity index (χ4v) is 2.74. The van der Waals surface area contributed by atoms with Crippen molar-refractivity contribution in [1.29, 1.82) is 0 Å². The van der Waals surface area contributed by atoms with Gasteiger partial charge < -0.3 is 15.4 Å². The van der Waals surface area contributed by atoms with Crippen LogP contribution in [0.15, 0.2) is 36.4 Å². The number of para-hydroxylation sites is 1. The van der Waals surface area contributed by atoms with Crippen LogP contribution in [0, 0.1) is 0 Å². The highest BCUT2D eigenvalue weighted by atomic mass is 35.5. The molecule has 0 saturated carbocycles. The first-order valence-corrected chi connectivity index (χ1v) is 7.93. The summed E-state index contributed by atoms with van der Waals surface area (Å²) in [5.41, 5.74) is 3.53. The molecule has 23 heavy (non-hydrogen) atoms. The van der Waals surface area contributed by atoms with E-state index in [1.54, 1.807) is 0 Å². The molecule has 0 saturated heterocycles. The first kappa shape index (κ1) is 17.5. The van der Waals surface area contributed by atoms with Crippen LogP contribution >= 0.6 is 11.6 Å². The Morgan fingerprint density at radius 2 is 1.74 bits per heavy atom. The molecule has 1 amide bonds. The third-order valence-electron chi connectivity index (χ3n) is 3.78. The number of benzene rings is 2. The van der Waals surface area contributed by atoms with Gasteiger partial charge in [0.15, 0.2) is 0 Å². The van der Waals surface area contributed by atoms with Crippen LogP contribution in [0.25, 0.3) is 0 Å². The number of rotatable bonds is 5. The average Bonchev–Trinajstić information content (AvgIpc) is 2.54. The molecule has 0 aliphatic carbocycles. The molecule has 2 aromatic rings. The third-order valence-corrected chi connectivity index (χ3v) is 4.11. The minimum Gasteiger partial charge on any atom is -0.423 e. The van der Waals surface area contributed by atoms with Crippen LogP contribution in [0.3, 0.4) is 0 Å². The molecule has 2 rings (SSSR count). The van der Waals surface area contributed by atoms with E-state index >= 15 is 0 Å². The molecular formula is C17H19BClNO3. The Hall–Kier alpha value is -1.82. The molecular weight excluding hydrogens is 312 g/mol. The normalized spacial score (nSPS) is 10.5. The van der Waals surface area contributed by atoms with Gasteiger partial charge in [-0.1, -0.05) is 49.7 Å². The topological polar surface area (TPSA) is 69.6 Å². The van der Waals surface area contributed by atoms with E-state index in [0.717, 1.165) is 29.7 Å². The predicted octanol–water partition coefficient (Wildman–Crippen LogP) is 2.40. The summed E-state index contributed by atoms with van der Waals surface area (Å²) in [5.74, 6) is -0.276. The summed E-state index contributed by atoms with van der Waals surface area (Å²) in [6.45, 7) is 4.08. The molecule has 120 valence electrons. The van der Waals surface area contributed by atoms with Crippen molar-refractivity contribution in [3.8, 4) is 0 Å². The number of carbonyl (C=O) groups is 1. The largest absolute Gasteiger partial charge is 0.489 e. The Morgan fingerprint density at radius 1 is 1.13 bits per heavy atom. The minimum absolute atomic E-state index is 0.146. The summed E-state index contributed by atoms with van der Waals surface area (Å²) < 4.78 is 0. The Balaban J connectivity index is 2.31. The number of nitrogens with one attached hydrogen (secondary N) is 1. The number of amides is 1. The van der Waals surface area contributed by atoms with Crippen molar-refractivity contribution >= 4 is 35.8 Å². The second-order valence-electron chi connectivity index (χ2n) is 5.22. The first-order valence-electron chi connectivity index (χ1n) is 7.55. The van der Waals surface area contributed by atoms with Gasteiger partial charge in [0.2, 0.25) is 0 Å². The van der Waals surface area contributed by atoms with Crippen molar-refractivity contribution in [1.82, 2.24) is 0 Å². The molecule has 0 bridgehead atoms. The molecule has 0 aliphatic rings. The molecule has 0 aliphatic heterocycles. The summed E-state index contributed by atoms with van der Waals surface area (Å²) >= 11 is 5.99. The van der Waals surface area contributed by atoms with Crippen molar-refractivity contribution < 1.29 is 14.8 Å². The zero-order valence-electron chi connectivity index (χ0n) is 13.1. The molecule has 0 radical (unpaired) electrons. The van der Waals surface area contributed by atoms with Crippen LogP contribution in [0.2, 0.25) is 5.02 Å². The lowest BCUT2D eigenvalue weighted by atomic mass is 9.80. The van der Waals surface area contributed by atoms with Crippen LogP contribution in [-0.2, 0) is 12.8 Å². The molecule has 0 unspecified atom stereocenters. The van der Waals surface area contributed by atoms with Gasteiger partial charge in [-0.3, -0.25) is 4.79 Å². The zero-order valence-corrected chi connectivity index (χ0v) is 13.9. The van der Waals surface area contributed by atoms with Gasteiger partial charge in [0.25, 0.3) is 5.91 Å². The molecule has 0 fully saturated rings. The predicted molar refractivity (Wildman–Crippen MR) is 94.4 cm³/mol. The second-order valence-corrected chi connectivity index (χ2v) is 5.63. The number of hydrogen-bond donors (Lipinski definition) is 3. The Labute approximate surface area is 141 Å². The van der Waals surface area contributed by atoms with Crippen molar-refractivity contribution in [2.24, 2.45) is 0 Å². The summed E-state index contributed by atoms with van der Waals surface area (Å²) in [5, 5.41) is 21.4. The van der Waals surface area contributed by atoms with Crippen molar-refractivity contribution in [3.63, 3.8) is 0 Å². The van der Waals surface area contributed by atoms with E-state index in [2.05, 4.69) is 5.32 Å². The maximum Gasteiger partial charge on any atom is 0.489 e. The number of carbonyl (C=O) groups excluding carboxylic acids is 1. The zero-order chi connectivity index (χ0) is 17.0. The van der Waals surface area contributed by atoms with Gasteiger partial charge in [0.05, 0.1) is 0 Å². The fraction of sp³-hybridized carbons (Fsp3) is 0.235. The Bertz CT molecular complexity index is 697. The summed E-state index contributed by atoms with van der Waals surface area (Å²) in [7, 11) is -1.66. The summed E-state index contributed by atoms with van der Waals surface area (Å²) in [4.78, 5) is 12.5. The average molecular weight is 332 g/mol. The van der Waals surface area contributed by atoms with Crippen molar-refractivity contribution in [2.45, 2.75) is 26.7 Å². The lowest BCUT2D eigenvalue weighted by Gasteiger charge is -2.15. The van der Waals surface area contributed by atoms with Crippen LogP contribution in [0.1, 0.15) is 35.3 Å². The van der Waals surface area contributed by atoms with E-state index in [9.17, 15) is 14.8 Å². The molecule has 0 atom stereocenters. The smallest absolute Gasteiger partial charge is 0.423 e. The number of aryl methyl sites for hydroxylation is 2. The van der Waals surface area contributed by atoms with Crippen molar-refractivity contribution in [3.05, 3.63) is 58.1 Å². The van der Waals surface area contributed by atoms with E-state index in [0.29, 0.717) is 5.56 Å². The number of halogens is 1. The van der Waals surface area contributed by atoms with E-state index in [-0.39, 0.29) is 16.4 Å². The van der Waals surface area contributed by atoms with E-state index < -0.39 is 7.12 Å². The SMILES string of the molecule is CCc1cccc(CC)c1NC(=O)c1ccc(B(O)O)c(Cl)c1. The van der Waals surface area contributed by atoms with Gasteiger partial charge in [-0.15, -0.1) is 0 Å². The van der Waals surface area contributed by atoms with Gasteiger partial charge in [-0.05, 0) is 36.1 Å². The monoisotopic (exact) mass is 331 g/mol. The molecule has 6 heteroatoms. The van der Waals surface area contributed by atoms with E-state index in [4.69, 9.17) is 11.6 Å². The van der Waals surface area contributed by atoms with E-state index in [1.165, 1.54) is 18.2 Å². The summed E-state index contributed by atoms with van der Waals surface area (Å²) in [6.07, 6.45) is 1.64. The summed E-state index contributed by atoms with van der Waals surface area (Å²) in [6, 6.07) is 10.4. The number of hydrogen-bond acceptors (Lipinski definition) is 3. The van der Waals surface area contributed by atoms with Crippen molar-refractivity contribution in [2.75, 3.05) is 5.32 Å². The third kappa shape index (κ3) is 3.94. The molecule has 4 nitrogen and oxygen atoms in total. The Morgan fingerprint density at radius 3 is 2.22 bits per heavy atom. The molecule has 3 N–H and O–H groups in total. The second kappa shape index (κ2) is 7.64.